The van der Waals surface area contributed by atoms with Crippen LogP contribution in [-0.2, 0) is 0 Å². The number of hydrogen-bond donors (Lipinski definition) is 0. The lowest BCUT2D eigenvalue weighted by molar-refractivity contribution is 0.0608. The normalized spacial score (nSPS) is 17.8. The van der Waals surface area contributed by atoms with Crippen LogP contribution in [0.25, 0.3) is 0 Å². The van der Waals surface area contributed by atoms with Gasteiger partial charge >= 0.3 is 0 Å². The molecule has 0 aliphatic heterocycles. The van der Waals surface area contributed by atoms with Crippen molar-refractivity contribution in [1.82, 2.24) is 0 Å². The highest BCUT2D eigenvalue weighted by Gasteiger charge is 2.37. The minimum absolute atomic E-state index is 0.429. The standard InChI is InChI=1S/C18H38/c1-9-10-11-13-18(8,14-12-15(2)3)16(4)17(5,6)7/h15-16H,9-14H2,1-8H3. The summed E-state index contributed by atoms with van der Waals surface area (Å²) in [5.74, 6) is 1.63. The average Bonchev–Trinajstić information content (AvgIpc) is 2.24. The summed E-state index contributed by atoms with van der Waals surface area (Å²) in [7, 11) is 0. The topological polar surface area (TPSA) is 0 Å². The van der Waals surface area contributed by atoms with Gasteiger partial charge in [0.25, 0.3) is 0 Å². The molecule has 110 valence electrons. The van der Waals surface area contributed by atoms with Crippen LogP contribution in [0.4, 0.5) is 0 Å². The Kier molecular flexibility index (Phi) is 7.56. The predicted molar refractivity (Wildman–Crippen MR) is 84.9 cm³/mol. The Bertz CT molecular complexity index is 209. The average molecular weight is 255 g/mol. The van der Waals surface area contributed by atoms with Gasteiger partial charge < -0.3 is 0 Å². The van der Waals surface area contributed by atoms with Crippen molar-refractivity contribution < 1.29 is 0 Å². The van der Waals surface area contributed by atoms with Crippen LogP contribution in [0.3, 0.4) is 0 Å². The summed E-state index contributed by atoms with van der Waals surface area (Å²) in [5, 5.41) is 0. The predicted octanol–water partition coefficient (Wildman–Crippen LogP) is 6.69. The molecule has 0 aliphatic carbocycles. The number of hydrogen-bond acceptors (Lipinski definition) is 0. The summed E-state index contributed by atoms with van der Waals surface area (Å²) in [6.45, 7) is 19.3. The van der Waals surface area contributed by atoms with E-state index in [1.165, 1.54) is 38.5 Å². The molecule has 0 nitrogen and oxygen atoms in total. The van der Waals surface area contributed by atoms with Crippen molar-refractivity contribution >= 4 is 0 Å². The third kappa shape index (κ3) is 6.25. The largest absolute Gasteiger partial charge is 0.0654 e. The Morgan fingerprint density at radius 2 is 1.39 bits per heavy atom. The van der Waals surface area contributed by atoms with E-state index in [1.54, 1.807) is 0 Å². The summed E-state index contributed by atoms with van der Waals surface area (Å²) >= 11 is 0. The molecule has 0 saturated carbocycles. The summed E-state index contributed by atoms with van der Waals surface area (Å²) in [5.41, 5.74) is 0.954. The fourth-order valence-corrected chi connectivity index (χ4v) is 3.00. The second-order valence-electron chi connectivity index (χ2n) is 8.13. The van der Waals surface area contributed by atoms with Gasteiger partial charge in [-0.25, -0.2) is 0 Å². The van der Waals surface area contributed by atoms with Gasteiger partial charge in [0.15, 0.2) is 0 Å². The maximum Gasteiger partial charge on any atom is -0.0295 e. The Hall–Kier alpha value is 0. The van der Waals surface area contributed by atoms with Gasteiger partial charge in [-0.05, 0) is 35.5 Å². The van der Waals surface area contributed by atoms with E-state index >= 15 is 0 Å². The lowest BCUT2D eigenvalue weighted by Gasteiger charge is -2.44. The number of unbranched alkanes of at least 4 members (excludes halogenated alkanes) is 2. The molecule has 0 bridgehead atoms. The first kappa shape index (κ1) is 18.0. The van der Waals surface area contributed by atoms with E-state index in [1.807, 2.05) is 0 Å². The molecule has 0 spiro atoms. The molecule has 2 atom stereocenters. The van der Waals surface area contributed by atoms with Crippen molar-refractivity contribution in [3.05, 3.63) is 0 Å². The summed E-state index contributed by atoms with van der Waals surface area (Å²) < 4.78 is 0. The fourth-order valence-electron chi connectivity index (χ4n) is 3.00. The lowest BCUT2D eigenvalue weighted by Crippen LogP contribution is -2.35. The summed E-state index contributed by atoms with van der Waals surface area (Å²) in [6.07, 6.45) is 8.33. The first-order valence-corrected chi connectivity index (χ1v) is 8.13. The van der Waals surface area contributed by atoms with Crippen LogP contribution in [0, 0.1) is 22.7 Å². The molecule has 0 aromatic heterocycles. The van der Waals surface area contributed by atoms with Crippen LogP contribution in [0.15, 0.2) is 0 Å². The molecule has 0 amide bonds. The van der Waals surface area contributed by atoms with E-state index < -0.39 is 0 Å². The maximum absolute atomic E-state index is 2.54. The molecule has 0 heterocycles. The number of rotatable bonds is 8. The molecule has 0 N–H and O–H groups in total. The highest BCUT2D eigenvalue weighted by Crippen LogP contribution is 2.46. The zero-order valence-electron chi connectivity index (χ0n) is 14.4. The molecule has 0 aliphatic rings. The van der Waals surface area contributed by atoms with Crippen LogP contribution in [0.1, 0.15) is 93.9 Å². The van der Waals surface area contributed by atoms with E-state index in [0.29, 0.717) is 10.8 Å². The molecule has 2 unspecified atom stereocenters. The van der Waals surface area contributed by atoms with Gasteiger partial charge in [-0.1, -0.05) is 81.1 Å². The Morgan fingerprint density at radius 1 is 0.833 bits per heavy atom. The van der Waals surface area contributed by atoms with Crippen molar-refractivity contribution in [3.63, 3.8) is 0 Å². The zero-order chi connectivity index (χ0) is 14.4. The third-order valence-electron chi connectivity index (χ3n) is 4.99. The van der Waals surface area contributed by atoms with E-state index in [2.05, 4.69) is 55.4 Å². The molecule has 0 aromatic carbocycles. The van der Waals surface area contributed by atoms with Gasteiger partial charge in [-0.2, -0.15) is 0 Å². The highest BCUT2D eigenvalue weighted by atomic mass is 14.4. The van der Waals surface area contributed by atoms with Crippen LogP contribution in [0.5, 0.6) is 0 Å². The first-order valence-electron chi connectivity index (χ1n) is 8.13. The summed E-state index contributed by atoms with van der Waals surface area (Å²) in [6, 6.07) is 0. The van der Waals surface area contributed by atoms with Gasteiger partial charge in [0.05, 0.1) is 0 Å². The zero-order valence-corrected chi connectivity index (χ0v) is 14.4. The Morgan fingerprint density at radius 3 is 1.78 bits per heavy atom. The molecular weight excluding hydrogens is 216 g/mol. The quantitative estimate of drug-likeness (QED) is 0.423. The fraction of sp³-hybridized carbons (Fsp3) is 1.00. The van der Waals surface area contributed by atoms with E-state index in [0.717, 1.165) is 11.8 Å². The molecular formula is C18H38. The molecule has 0 saturated heterocycles. The minimum Gasteiger partial charge on any atom is -0.0654 e. The van der Waals surface area contributed by atoms with Gasteiger partial charge in [0.2, 0.25) is 0 Å². The molecule has 0 aromatic rings. The monoisotopic (exact) mass is 254 g/mol. The second kappa shape index (κ2) is 7.56. The van der Waals surface area contributed by atoms with Crippen molar-refractivity contribution in [1.29, 1.82) is 0 Å². The van der Waals surface area contributed by atoms with Crippen molar-refractivity contribution in [3.8, 4) is 0 Å². The SMILES string of the molecule is CCCCCC(C)(CCC(C)C)C(C)C(C)(C)C. The van der Waals surface area contributed by atoms with Gasteiger partial charge in [0.1, 0.15) is 0 Å². The molecule has 0 heteroatoms. The maximum atomic E-state index is 2.54. The molecule has 0 rings (SSSR count). The van der Waals surface area contributed by atoms with Crippen molar-refractivity contribution in [2.24, 2.45) is 22.7 Å². The molecule has 0 radical (unpaired) electrons. The smallest absolute Gasteiger partial charge is 0.0295 e. The third-order valence-corrected chi connectivity index (χ3v) is 4.99. The van der Waals surface area contributed by atoms with Crippen LogP contribution in [-0.4, -0.2) is 0 Å². The highest BCUT2D eigenvalue weighted by molar-refractivity contribution is 4.87. The summed E-state index contributed by atoms with van der Waals surface area (Å²) in [4.78, 5) is 0. The van der Waals surface area contributed by atoms with Crippen molar-refractivity contribution in [2.45, 2.75) is 93.9 Å². The Labute approximate surface area is 117 Å². The lowest BCUT2D eigenvalue weighted by atomic mass is 9.61. The molecule has 0 fully saturated rings. The minimum atomic E-state index is 0.429. The van der Waals surface area contributed by atoms with Crippen LogP contribution >= 0.6 is 0 Å². The van der Waals surface area contributed by atoms with E-state index in [9.17, 15) is 0 Å². The van der Waals surface area contributed by atoms with Gasteiger partial charge in [-0.15, -0.1) is 0 Å². The van der Waals surface area contributed by atoms with Crippen molar-refractivity contribution in [2.75, 3.05) is 0 Å². The van der Waals surface area contributed by atoms with Gasteiger partial charge in [-0.3, -0.25) is 0 Å². The Balaban J connectivity index is 4.67. The van der Waals surface area contributed by atoms with E-state index in [-0.39, 0.29) is 0 Å². The molecule has 18 heavy (non-hydrogen) atoms. The van der Waals surface area contributed by atoms with Gasteiger partial charge in [0, 0.05) is 0 Å². The van der Waals surface area contributed by atoms with Crippen LogP contribution in [0.2, 0.25) is 0 Å². The van der Waals surface area contributed by atoms with E-state index in [4.69, 9.17) is 0 Å². The van der Waals surface area contributed by atoms with Crippen LogP contribution < -0.4 is 0 Å². The second-order valence-corrected chi connectivity index (χ2v) is 8.13. The first-order chi connectivity index (χ1) is 8.13.